The Bertz CT molecular complexity index is 1060. The predicted octanol–water partition coefficient (Wildman–Crippen LogP) is 5.00. The molecule has 174 valence electrons. The van der Waals surface area contributed by atoms with Gasteiger partial charge in [0.25, 0.3) is 5.91 Å². The van der Waals surface area contributed by atoms with Gasteiger partial charge in [-0.3, -0.25) is 4.79 Å². The minimum atomic E-state index is -0.698. The normalized spacial score (nSPS) is 11.7. The van der Waals surface area contributed by atoms with Gasteiger partial charge in [0.2, 0.25) is 0 Å². The van der Waals surface area contributed by atoms with Crippen molar-refractivity contribution in [2.45, 2.75) is 32.6 Å². The maximum absolute atomic E-state index is 13.3. The smallest absolute Gasteiger partial charge is 0.328 e. The van der Waals surface area contributed by atoms with E-state index < -0.39 is 12.0 Å². The van der Waals surface area contributed by atoms with Crippen molar-refractivity contribution < 1.29 is 23.5 Å². The average Bonchev–Trinajstić information content (AvgIpc) is 3.35. The van der Waals surface area contributed by atoms with Crippen LogP contribution in [-0.4, -0.2) is 37.0 Å². The van der Waals surface area contributed by atoms with Crippen molar-refractivity contribution in [3.05, 3.63) is 83.3 Å². The van der Waals surface area contributed by atoms with Gasteiger partial charge in [-0.25, -0.2) is 4.79 Å². The van der Waals surface area contributed by atoms with Crippen molar-refractivity contribution in [2.75, 3.05) is 19.1 Å². The van der Waals surface area contributed by atoms with E-state index in [2.05, 4.69) is 5.32 Å². The van der Waals surface area contributed by atoms with Crippen LogP contribution in [0.5, 0.6) is 0 Å². The molecule has 0 radical (unpaired) electrons. The highest BCUT2D eigenvalue weighted by Gasteiger charge is 2.23. The van der Waals surface area contributed by atoms with E-state index in [0.717, 1.165) is 33.8 Å². The van der Waals surface area contributed by atoms with Crippen LogP contribution in [0.4, 0.5) is 0 Å². The number of carbonyl (C=O) groups excluding carboxylic acids is 2. The SMILES string of the molecule is COC(=O)C(CCSC)NC(=O)c1ccc(COCc2ccco2)cc1-c1ccccc1C. The molecule has 0 aliphatic heterocycles. The molecule has 1 unspecified atom stereocenters. The van der Waals surface area contributed by atoms with E-state index in [9.17, 15) is 9.59 Å². The Labute approximate surface area is 198 Å². The number of furan rings is 1. The average molecular weight is 468 g/mol. The highest BCUT2D eigenvalue weighted by molar-refractivity contribution is 7.98. The molecule has 1 atom stereocenters. The zero-order chi connectivity index (χ0) is 23.6. The largest absolute Gasteiger partial charge is 0.467 e. The molecule has 3 rings (SSSR count). The van der Waals surface area contributed by atoms with Crippen molar-refractivity contribution >= 4 is 23.6 Å². The molecule has 0 saturated heterocycles. The van der Waals surface area contributed by atoms with Gasteiger partial charge in [0.15, 0.2) is 0 Å². The number of ether oxygens (including phenoxy) is 2. The molecular weight excluding hydrogens is 438 g/mol. The van der Waals surface area contributed by atoms with E-state index in [0.29, 0.717) is 25.2 Å². The van der Waals surface area contributed by atoms with Gasteiger partial charge < -0.3 is 19.2 Å². The number of thioether (sulfide) groups is 1. The summed E-state index contributed by atoms with van der Waals surface area (Å²) in [7, 11) is 1.33. The Morgan fingerprint density at radius 3 is 2.58 bits per heavy atom. The van der Waals surface area contributed by atoms with Crippen LogP contribution < -0.4 is 5.32 Å². The molecule has 1 aromatic heterocycles. The van der Waals surface area contributed by atoms with Crippen LogP contribution >= 0.6 is 11.8 Å². The van der Waals surface area contributed by atoms with Crippen molar-refractivity contribution in [3.63, 3.8) is 0 Å². The fourth-order valence-electron chi connectivity index (χ4n) is 3.50. The minimum Gasteiger partial charge on any atom is -0.467 e. The molecule has 0 saturated carbocycles. The number of aryl methyl sites for hydroxylation is 1. The molecule has 6 nitrogen and oxygen atoms in total. The lowest BCUT2D eigenvalue weighted by atomic mass is 9.93. The summed E-state index contributed by atoms with van der Waals surface area (Å²) < 4.78 is 16.0. The minimum absolute atomic E-state index is 0.312. The highest BCUT2D eigenvalue weighted by atomic mass is 32.2. The van der Waals surface area contributed by atoms with E-state index in [1.807, 2.05) is 61.7 Å². The first-order valence-corrected chi connectivity index (χ1v) is 12.1. The first-order chi connectivity index (χ1) is 16.0. The summed E-state index contributed by atoms with van der Waals surface area (Å²) in [4.78, 5) is 25.4. The molecule has 0 spiro atoms. The van der Waals surface area contributed by atoms with Gasteiger partial charge in [-0.1, -0.05) is 30.3 Å². The Morgan fingerprint density at radius 2 is 1.88 bits per heavy atom. The molecule has 0 aliphatic rings. The fraction of sp³-hybridized carbons (Fsp3) is 0.308. The zero-order valence-electron chi connectivity index (χ0n) is 19.1. The number of benzene rings is 2. The number of carbonyl (C=O) groups is 2. The van der Waals surface area contributed by atoms with E-state index in [1.165, 1.54) is 7.11 Å². The van der Waals surface area contributed by atoms with E-state index >= 15 is 0 Å². The number of esters is 1. The van der Waals surface area contributed by atoms with E-state index in [4.69, 9.17) is 13.9 Å². The topological polar surface area (TPSA) is 77.8 Å². The lowest BCUT2D eigenvalue weighted by Crippen LogP contribution is -2.42. The van der Waals surface area contributed by atoms with Crippen LogP contribution in [0.2, 0.25) is 0 Å². The molecule has 3 aromatic rings. The van der Waals surface area contributed by atoms with Crippen LogP contribution in [0.1, 0.15) is 33.7 Å². The number of nitrogens with one attached hydrogen (secondary N) is 1. The maximum atomic E-state index is 13.3. The van der Waals surface area contributed by atoms with Crippen LogP contribution in [0.25, 0.3) is 11.1 Å². The summed E-state index contributed by atoms with van der Waals surface area (Å²) in [6.07, 6.45) is 4.07. The lowest BCUT2D eigenvalue weighted by Gasteiger charge is -2.18. The lowest BCUT2D eigenvalue weighted by molar-refractivity contribution is -0.142. The number of rotatable bonds is 11. The molecule has 1 amide bonds. The third-order valence-electron chi connectivity index (χ3n) is 5.26. The van der Waals surface area contributed by atoms with Crippen molar-refractivity contribution in [1.29, 1.82) is 0 Å². The molecular formula is C26H29NO5S. The molecule has 2 aromatic carbocycles. The molecule has 1 N–H and O–H groups in total. The molecule has 33 heavy (non-hydrogen) atoms. The Kier molecular flexibility index (Phi) is 9.15. The number of hydrogen-bond acceptors (Lipinski definition) is 6. The van der Waals surface area contributed by atoms with Crippen molar-refractivity contribution in [1.82, 2.24) is 5.32 Å². The fourth-order valence-corrected chi connectivity index (χ4v) is 3.98. The van der Waals surface area contributed by atoms with Gasteiger partial charge in [0.05, 0.1) is 20.0 Å². The third-order valence-corrected chi connectivity index (χ3v) is 5.90. The monoisotopic (exact) mass is 467 g/mol. The first-order valence-electron chi connectivity index (χ1n) is 10.7. The second-order valence-electron chi connectivity index (χ2n) is 7.60. The van der Waals surface area contributed by atoms with E-state index in [-0.39, 0.29) is 5.91 Å². The summed E-state index contributed by atoms with van der Waals surface area (Å²) in [5.41, 5.74) is 4.22. The highest BCUT2D eigenvalue weighted by Crippen LogP contribution is 2.29. The second kappa shape index (κ2) is 12.3. The number of methoxy groups -OCH3 is 1. The Balaban J connectivity index is 1.86. The summed E-state index contributed by atoms with van der Waals surface area (Å²) in [5, 5.41) is 2.86. The standard InChI is InChI=1S/C26H29NO5S/c1-18-7-4-5-9-21(18)23-15-19(16-31-17-20-8-6-13-32-20)10-11-22(23)25(28)27-24(12-14-33-3)26(29)30-2/h4-11,13,15,24H,12,14,16-17H2,1-3H3,(H,27,28). The zero-order valence-corrected chi connectivity index (χ0v) is 19.9. The molecule has 0 bridgehead atoms. The van der Waals surface area contributed by atoms with Gasteiger partial charge in [0.1, 0.15) is 18.4 Å². The first kappa shape index (κ1) is 24.6. The van der Waals surface area contributed by atoms with E-state index in [1.54, 1.807) is 24.1 Å². The Hall–Kier alpha value is -3.03. The van der Waals surface area contributed by atoms with Crippen molar-refractivity contribution in [3.8, 4) is 11.1 Å². The Morgan fingerprint density at radius 1 is 1.06 bits per heavy atom. The van der Waals surface area contributed by atoms with Crippen LogP contribution in [-0.2, 0) is 27.5 Å². The summed E-state index contributed by atoms with van der Waals surface area (Å²) >= 11 is 1.61. The predicted molar refractivity (Wildman–Crippen MR) is 130 cm³/mol. The van der Waals surface area contributed by atoms with Gasteiger partial charge in [-0.2, -0.15) is 11.8 Å². The molecule has 1 heterocycles. The van der Waals surface area contributed by atoms with Crippen molar-refractivity contribution in [2.24, 2.45) is 0 Å². The number of hydrogen-bond donors (Lipinski definition) is 1. The van der Waals surface area contributed by atoms with Gasteiger partial charge in [-0.15, -0.1) is 0 Å². The maximum Gasteiger partial charge on any atom is 0.328 e. The number of amides is 1. The van der Waals surface area contributed by atoms with Gasteiger partial charge in [-0.05, 0) is 71.9 Å². The van der Waals surface area contributed by atoms with Crippen LogP contribution in [0, 0.1) is 6.92 Å². The molecule has 0 fully saturated rings. The summed E-state index contributed by atoms with van der Waals surface area (Å²) in [6, 6.07) is 16.5. The van der Waals surface area contributed by atoms with Gasteiger partial charge >= 0.3 is 5.97 Å². The molecule has 0 aliphatic carbocycles. The van der Waals surface area contributed by atoms with Gasteiger partial charge in [0, 0.05) is 5.56 Å². The quantitative estimate of drug-likeness (QED) is 0.400. The molecule has 7 heteroatoms. The van der Waals surface area contributed by atoms with Crippen LogP contribution in [0.15, 0.2) is 65.3 Å². The summed E-state index contributed by atoms with van der Waals surface area (Å²) in [6.45, 7) is 2.75. The van der Waals surface area contributed by atoms with Crippen LogP contribution in [0.3, 0.4) is 0 Å². The summed E-state index contributed by atoms with van der Waals surface area (Å²) in [5.74, 6) is 0.728. The second-order valence-corrected chi connectivity index (χ2v) is 8.58. The third kappa shape index (κ3) is 6.73.